The van der Waals surface area contributed by atoms with E-state index >= 15 is 0 Å². The first-order valence-corrected chi connectivity index (χ1v) is 13.0. The van der Waals surface area contributed by atoms with Gasteiger partial charge in [-0.2, -0.15) is 0 Å². The predicted octanol–water partition coefficient (Wildman–Crippen LogP) is 4.53. The molecule has 10 heteroatoms. The molecule has 4 rings (SSSR count). The van der Waals surface area contributed by atoms with Gasteiger partial charge in [0.25, 0.3) is 0 Å². The van der Waals surface area contributed by atoms with Crippen molar-refractivity contribution in [3.8, 4) is 11.4 Å². The van der Waals surface area contributed by atoms with Crippen molar-refractivity contribution >= 4 is 49.0 Å². The summed E-state index contributed by atoms with van der Waals surface area (Å²) in [6.45, 7) is 2.02. The Morgan fingerprint density at radius 2 is 1.97 bits per heavy atom. The Kier molecular flexibility index (Phi) is 6.05. The zero-order valence-corrected chi connectivity index (χ0v) is 19.9. The predicted molar refractivity (Wildman–Crippen MR) is 123 cm³/mol. The minimum Gasteiger partial charge on any atom is -0.351 e. The van der Waals surface area contributed by atoms with Crippen LogP contribution in [-0.4, -0.2) is 45.8 Å². The van der Waals surface area contributed by atoms with E-state index in [0.29, 0.717) is 16.7 Å². The van der Waals surface area contributed by atoms with Gasteiger partial charge in [0.05, 0.1) is 33.3 Å². The van der Waals surface area contributed by atoms with Crippen molar-refractivity contribution < 1.29 is 8.42 Å². The number of anilines is 1. The fourth-order valence-corrected chi connectivity index (χ4v) is 6.08. The first kappa shape index (κ1) is 21.5. The smallest absolute Gasteiger partial charge is 0.223 e. The molecule has 0 radical (unpaired) electrons. The second kappa shape index (κ2) is 8.43. The average Bonchev–Trinajstić information content (AvgIpc) is 3.07. The lowest BCUT2D eigenvalue weighted by molar-refractivity contribution is 0.361. The lowest BCUT2D eigenvalue weighted by atomic mass is 9.87. The van der Waals surface area contributed by atoms with Gasteiger partial charge in [0.1, 0.15) is 15.5 Å². The molecule has 1 fully saturated rings. The molecule has 3 heterocycles. The molecule has 3 aromatic heterocycles. The summed E-state index contributed by atoms with van der Waals surface area (Å²) in [7, 11) is -2.93. The summed E-state index contributed by atoms with van der Waals surface area (Å²) in [6, 6.07) is 2.23. The number of hydrogen-bond acceptors (Lipinski definition) is 6. The van der Waals surface area contributed by atoms with Gasteiger partial charge in [-0.05, 0) is 66.1 Å². The molecule has 1 aliphatic carbocycles. The van der Waals surface area contributed by atoms with Crippen molar-refractivity contribution in [1.82, 2.24) is 19.4 Å². The number of aryl methyl sites for hydroxylation is 1. The van der Waals surface area contributed by atoms with Gasteiger partial charge in [0.15, 0.2) is 5.65 Å². The second-order valence-electron chi connectivity index (χ2n) is 8.05. The Morgan fingerprint density at radius 3 is 2.67 bits per heavy atom. The van der Waals surface area contributed by atoms with Crippen LogP contribution in [0.3, 0.4) is 0 Å². The molecule has 0 unspecified atom stereocenters. The molecule has 0 aromatic carbocycles. The maximum absolute atomic E-state index is 11.5. The van der Waals surface area contributed by atoms with Crippen molar-refractivity contribution in [1.29, 1.82) is 0 Å². The lowest BCUT2D eigenvalue weighted by Gasteiger charge is -2.28. The van der Waals surface area contributed by atoms with Crippen LogP contribution in [0.25, 0.3) is 17.0 Å². The van der Waals surface area contributed by atoms with Crippen molar-refractivity contribution in [3.05, 3.63) is 39.7 Å². The Morgan fingerprint density at radius 1 is 1.23 bits per heavy atom. The van der Waals surface area contributed by atoms with Crippen LogP contribution in [0.15, 0.2) is 29.1 Å². The molecule has 160 valence electrons. The number of pyridine rings is 1. The van der Waals surface area contributed by atoms with Crippen LogP contribution in [-0.2, 0) is 9.84 Å². The molecule has 30 heavy (non-hydrogen) atoms. The van der Waals surface area contributed by atoms with E-state index in [9.17, 15) is 8.42 Å². The van der Waals surface area contributed by atoms with Crippen molar-refractivity contribution in [2.45, 2.75) is 38.6 Å². The van der Waals surface area contributed by atoms with Gasteiger partial charge in [0, 0.05) is 18.5 Å². The van der Waals surface area contributed by atoms with E-state index in [1.165, 1.54) is 6.26 Å². The number of aromatic nitrogens is 4. The maximum Gasteiger partial charge on any atom is 0.223 e. The third-order valence-corrected chi connectivity index (χ3v) is 7.34. The Balaban J connectivity index is 1.54. The van der Waals surface area contributed by atoms with Crippen LogP contribution in [0.2, 0.25) is 5.02 Å². The first-order valence-electron chi connectivity index (χ1n) is 9.80. The lowest BCUT2D eigenvalue weighted by Crippen LogP contribution is -2.29. The monoisotopic (exact) mass is 511 g/mol. The molecule has 0 saturated heterocycles. The average molecular weight is 513 g/mol. The van der Waals surface area contributed by atoms with E-state index in [0.717, 1.165) is 47.1 Å². The Labute approximate surface area is 189 Å². The van der Waals surface area contributed by atoms with Crippen LogP contribution < -0.4 is 5.32 Å². The standard InChI is InChI=1S/C20H23BrClN5O2S/c1-12-7-15(21)19-23-9-17(27(19)10-12)18-16(22)8-24-20(26-18)25-14-5-3-13(4-6-14)11-30(2,28)29/h7-10,13-14H,3-6,11H2,1-2H3,(H,24,25,26). The SMILES string of the molecule is Cc1cc(Br)c2ncc(-c3nc(NC4CCC(CS(C)(=O)=O)CC4)ncc3Cl)n2c1. The molecule has 0 atom stereocenters. The van der Waals surface area contributed by atoms with Crippen molar-refractivity contribution in [2.24, 2.45) is 5.92 Å². The van der Waals surface area contributed by atoms with Gasteiger partial charge >= 0.3 is 0 Å². The van der Waals surface area contributed by atoms with Gasteiger partial charge < -0.3 is 5.32 Å². The largest absolute Gasteiger partial charge is 0.351 e. The van der Waals surface area contributed by atoms with Crippen molar-refractivity contribution in [2.75, 3.05) is 17.3 Å². The van der Waals surface area contributed by atoms with E-state index in [4.69, 9.17) is 11.6 Å². The molecule has 0 amide bonds. The van der Waals surface area contributed by atoms with Crippen LogP contribution in [0.1, 0.15) is 31.2 Å². The Bertz CT molecular complexity index is 1190. The number of hydrogen-bond donors (Lipinski definition) is 1. The minimum atomic E-state index is -2.93. The number of fused-ring (bicyclic) bond motifs is 1. The fraction of sp³-hybridized carbons (Fsp3) is 0.450. The molecule has 1 N–H and O–H groups in total. The summed E-state index contributed by atoms with van der Waals surface area (Å²) in [5.41, 5.74) is 3.29. The highest BCUT2D eigenvalue weighted by atomic mass is 79.9. The van der Waals surface area contributed by atoms with Gasteiger partial charge in [-0.15, -0.1) is 0 Å². The topological polar surface area (TPSA) is 89.2 Å². The quantitative estimate of drug-likeness (QED) is 0.540. The number of rotatable bonds is 5. The zero-order chi connectivity index (χ0) is 21.5. The fourth-order valence-electron chi connectivity index (χ4n) is 4.05. The number of imidazole rings is 1. The van der Waals surface area contributed by atoms with E-state index in [2.05, 4.69) is 36.2 Å². The number of sulfone groups is 1. The van der Waals surface area contributed by atoms with Crippen LogP contribution in [0.4, 0.5) is 5.95 Å². The number of halogens is 2. The van der Waals surface area contributed by atoms with Crippen LogP contribution >= 0.6 is 27.5 Å². The molecule has 3 aromatic rings. The molecule has 7 nitrogen and oxygen atoms in total. The molecular formula is C20H23BrClN5O2S. The molecule has 0 spiro atoms. The molecule has 0 bridgehead atoms. The van der Waals surface area contributed by atoms with Crippen LogP contribution in [0, 0.1) is 12.8 Å². The summed E-state index contributed by atoms with van der Waals surface area (Å²) in [5.74, 6) is 1.02. The summed E-state index contributed by atoms with van der Waals surface area (Å²) < 4.78 is 25.9. The summed E-state index contributed by atoms with van der Waals surface area (Å²) >= 11 is 9.98. The van der Waals surface area contributed by atoms with Gasteiger partial charge in [0.2, 0.25) is 5.95 Å². The number of nitrogens with zero attached hydrogens (tertiary/aromatic N) is 4. The second-order valence-corrected chi connectivity index (χ2v) is 11.5. The van der Waals surface area contributed by atoms with E-state index in [-0.39, 0.29) is 17.7 Å². The third kappa shape index (κ3) is 4.78. The summed E-state index contributed by atoms with van der Waals surface area (Å²) in [5, 5.41) is 3.85. The summed E-state index contributed by atoms with van der Waals surface area (Å²) in [4.78, 5) is 13.5. The van der Waals surface area contributed by atoms with Crippen LogP contribution in [0.5, 0.6) is 0 Å². The third-order valence-electron chi connectivity index (χ3n) is 5.40. The molecule has 0 aliphatic heterocycles. The molecular weight excluding hydrogens is 490 g/mol. The normalized spacial score (nSPS) is 19.9. The minimum absolute atomic E-state index is 0.216. The van der Waals surface area contributed by atoms with Gasteiger partial charge in [-0.25, -0.2) is 23.4 Å². The highest BCUT2D eigenvalue weighted by Crippen LogP contribution is 2.31. The van der Waals surface area contributed by atoms with E-state index in [1.54, 1.807) is 12.4 Å². The van der Waals surface area contributed by atoms with Crippen molar-refractivity contribution in [3.63, 3.8) is 0 Å². The zero-order valence-electron chi connectivity index (χ0n) is 16.8. The Hall–Kier alpha value is -1.71. The highest BCUT2D eigenvalue weighted by Gasteiger charge is 2.24. The van der Waals surface area contributed by atoms with Gasteiger partial charge in [-0.3, -0.25) is 4.40 Å². The first-order chi connectivity index (χ1) is 14.2. The van der Waals surface area contributed by atoms with Gasteiger partial charge in [-0.1, -0.05) is 11.6 Å². The molecule has 1 saturated carbocycles. The maximum atomic E-state index is 11.5. The molecule has 1 aliphatic rings. The summed E-state index contributed by atoms with van der Waals surface area (Å²) in [6.07, 6.45) is 10.2. The highest BCUT2D eigenvalue weighted by molar-refractivity contribution is 9.10. The van der Waals surface area contributed by atoms with E-state index < -0.39 is 9.84 Å². The number of nitrogens with one attached hydrogen (secondary N) is 1. The van der Waals surface area contributed by atoms with E-state index in [1.807, 2.05) is 23.6 Å².